The van der Waals surface area contributed by atoms with Crippen LogP contribution in [-0.2, 0) is 14.3 Å². The number of pyridine rings is 1. The van der Waals surface area contributed by atoms with Crippen molar-refractivity contribution in [2.75, 3.05) is 33.4 Å². The highest BCUT2D eigenvalue weighted by Crippen LogP contribution is 2.34. The molecule has 3 aliphatic heterocycles. The molecule has 3 aliphatic rings. The fraction of sp³-hybridized carbons (Fsp3) is 0.417. The molecule has 248 valence electrons. The van der Waals surface area contributed by atoms with Crippen LogP contribution < -0.4 is 10.6 Å². The van der Waals surface area contributed by atoms with E-state index in [1.165, 1.54) is 13.5 Å². The van der Waals surface area contributed by atoms with Crippen LogP contribution in [0.4, 0.5) is 4.79 Å². The monoisotopic (exact) mass is 648 g/mol. The zero-order chi connectivity index (χ0) is 32.6. The van der Waals surface area contributed by atoms with Gasteiger partial charge in [0, 0.05) is 30.9 Å². The third-order valence-electron chi connectivity index (χ3n) is 10.1. The van der Waals surface area contributed by atoms with E-state index in [-0.39, 0.29) is 17.9 Å². The van der Waals surface area contributed by atoms with E-state index >= 15 is 0 Å². The van der Waals surface area contributed by atoms with Gasteiger partial charge in [0.15, 0.2) is 5.65 Å². The lowest BCUT2D eigenvalue weighted by Gasteiger charge is -2.34. The number of carbonyl (C=O) groups excluding carboxylic acids is 2. The molecule has 4 N–H and O–H groups in total. The van der Waals surface area contributed by atoms with Gasteiger partial charge < -0.3 is 35.0 Å². The lowest BCUT2D eigenvalue weighted by molar-refractivity contribution is -0.136. The summed E-state index contributed by atoms with van der Waals surface area (Å²) in [4.78, 5) is 49.4. The molecule has 6 heterocycles. The zero-order valence-corrected chi connectivity index (χ0v) is 27.0. The summed E-state index contributed by atoms with van der Waals surface area (Å²) < 4.78 is 10.4. The van der Waals surface area contributed by atoms with Crippen molar-refractivity contribution in [3.05, 3.63) is 66.4 Å². The largest absolute Gasteiger partial charge is 0.453 e. The van der Waals surface area contributed by atoms with Crippen LogP contribution in [0.5, 0.6) is 0 Å². The minimum absolute atomic E-state index is 0.0162. The van der Waals surface area contributed by atoms with Gasteiger partial charge in [-0.2, -0.15) is 0 Å². The number of aromatic amines is 2. The van der Waals surface area contributed by atoms with Crippen LogP contribution in [-0.4, -0.2) is 81.3 Å². The highest BCUT2D eigenvalue weighted by Gasteiger charge is 2.40. The number of ether oxygens (including phenoxy) is 2. The topological polar surface area (TPSA) is 150 Å². The molecule has 48 heavy (non-hydrogen) atoms. The summed E-state index contributed by atoms with van der Waals surface area (Å²) in [6, 6.07) is 16.2. The first kappa shape index (κ1) is 30.5. The maximum atomic E-state index is 13.9. The Hall–Kier alpha value is -4.81. The van der Waals surface area contributed by atoms with E-state index in [0.717, 1.165) is 70.4 Å². The molecule has 0 aliphatic carbocycles. The summed E-state index contributed by atoms with van der Waals surface area (Å²) in [7, 11) is 1.31. The second-order valence-corrected chi connectivity index (χ2v) is 13.1. The number of nitrogens with one attached hydrogen (secondary N) is 4. The number of alkyl carbamates (subject to hydrolysis) is 1. The molecular formula is C36H40N8O4. The fourth-order valence-corrected chi connectivity index (χ4v) is 7.49. The Labute approximate surface area is 278 Å². The lowest BCUT2D eigenvalue weighted by atomic mass is 9.90. The summed E-state index contributed by atoms with van der Waals surface area (Å²) in [5, 5.41) is 8.58. The quantitative estimate of drug-likeness (QED) is 0.183. The van der Waals surface area contributed by atoms with E-state index in [1.54, 1.807) is 0 Å². The Balaban J connectivity index is 1.02. The third-order valence-corrected chi connectivity index (χ3v) is 10.1. The number of nitrogens with zero attached hydrogens (tertiary/aromatic N) is 4. The first-order valence-corrected chi connectivity index (χ1v) is 17.0. The molecule has 8 rings (SSSR count). The van der Waals surface area contributed by atoms with E-state index in [0.29, 0.717) is 50.1 Å². The molecular weight excluding hydrogens is 608 g/mol. The van der Waals surface area contributed by atoms with Gasteiger partial charge in [0.25, 0.3) is 0 Å². The average Bonchev–Trinajstić information content (AvgIpc) is 3.96. The first-order valence-electron chi connectivity index (χ1n) is 17.0. The number of H-pyrrole nitrogens is 2. The van der Waals surface area contributed by atoms with Crippen molar-refractivity contribution >= 4 is 33.9 Å². The van der Waals surface area contributed by atoms with E-state index in [2.05, 4.69) is 62.0 Å². The Morgan fingerprint density at radius 1 is 0.938 bits per heavy atom. The Morgan fingerprint density at radius 2 is 1.75 bits per heavy atom. The second-order valence-electron chi connectivity index (χ2n) is 13.1. The summed E-state index contributed by atoms with van der Waals surface area (Å²) in [6.45, 7) is 2.78. The molecule has 0 spiro atoms. The Kier molecular flexibility index (Phi) is 8.27. The van der Waals surface area contributed by atoms with E-state index in [9.17, 15) is 9.59 Å². The van der Waals surface area contributed by atoms with Crippen LogP contribution in [0.1, 0.15) is 62.3 Å². The number of aromatic nitrogens is 5. The van der Waals surface area contributed by atoms with Crippen molar-refractivity contribution in [1.82, 2.24) is 40.5 Å². The molecule has 3 saturated heterocycles. The number of likely N-dealkylation sites (tertiary alicyclic amines) is 1. The first-order chi connectivity index (χ1) is 23.5. The van der Waals surface area contributed by atoms with Gasteiger partial charge in [0.05, 0.1) is 42.3 Å². The van der Waals surface area contributed by atoms with Gasteiger partial charge in [-0.15, -0.1) is 0 Å². The van der Waals surface area contributed by atoms with Crippen LogP contribution in [0.3, 0.4) is 0 Å². The maximum Gasteiger partial charge on any atom is 0.407 e. The molecule has 0 radical (unpaired) electrons. The second kappa shape index (κ2) is 13.0. The average molecular weight is 649 g/mol. The van der Waals surface area contributed by atoms with Gasteiger partial charge in [-0.1, -0.05) is 24.3 Å². The summed E-state index contributed by atoms with van der Waals surface area (Å²) in [5.74, 6) is 1.59. The molecule has 3 aromatic heterocycles. The van der Waals surface area contributed by atoms with Crippen LogP contribution in [0.25, 0.3) is 44.5 Å². The van der Waals surface area contributed by atoms with Crippen molar-refractivity contribution in [2.45, 2.75) is 56.7 Å². The predicted molar refractivity (Wildman–Crippen MR) is 181 cm³/mol. The summed E-state index contributed by atoms with van der Waals surface area (Å²) in [5.41, 5.74) is 5.39. The normalized spacial score (nSPS) is 20.8. The molecule has 12 nitrogen and oxygen atoms in total. The van der Waals surface area contributed by atoms with Crippen molar-refractivity contribution in [1.29, 1.82) is 0 Å². The minimum atomic E-state index is -0.675. The Bertz CT molecular complexity index is 1960. The maximum absolute atomic E-state index is 13.9. The smallest absolute Gasteiger partial charge is 0.407 e. The van der Waals surface area contributed by atoms with E-state index in [1.807, 2.05) is 23.2 Å². The number of carbonyl (C=O) groups is 2. The lowest BCUT2D eigenvalue weighted by Crippen LogP contribution is -2.53. The van der Waals surface area contributed by atoms with Crippen molar-refractivity contribution in [2.24, 2.45) is 5.92 Å². The number of benzene rings is 2. The van der Waals surface area contributed by atoms with Crippen molar-refractivity contribution in [3.8, 4) is 22.5 Å². The number of hydrogen-bond acceptors (Lipinski definition) is 8. The molecule has 3 fully saturated rings. The Morgan fingerprint density at radius 3 is 2.54 bits per heavy atom. The van der Waals surface area contributed by atoms with Gasteiger partial charge in [-0.3, -0.25) is 4.79 Å². The van der Waals surface area contributed by atoms with Crippen LogP contribution in [0.15, 0.2) is 54.7 Å². The number of imidazole rings is 2. The molecule has 0 bridgehead atoms. The van der Waals surface area contributed by atoms with E-state index in [4.69, 9.17) is 19.4 Å². The SMILES string of the molecule is COC(=O)N[C@H](C(=O)N1CCC[C@H]1c1nc2nc(-c3ccc4cc(-c5cnc([C@@H]6CCCN6)[nH]5)ccc4c3)ccc2[nH]1)C1CCOCC1. The number of fused-ring (bicyclic) bond motifs is 2. The van der Waals surface area contributed by atoms with Crippen molar-refractivity contribution in [3.63, 3.8) is 0 Å². The number of methoxy groups -OCH3 is 1. The third kappa shape index (κ3) is 5.90. The predicted octanol–water partition coefficient (Wildman–Crippen LogP) is 5.41. The summed E-state index contributed by atoms with van der Waals surface area (Å²) >= 11 is 0. The van der Waals surface area contributed by atoms with Gasteiger partial charge in [0.2, 0.25) is 5.91 Å². The van der Waals surface area contributed by atoms with Crippen LogP contribution in [0, 0.1) is 5.92 Å². The van der Waals surface area contributed by atoms with Gasteiger partial charge in [0.1, 0.15) is 17.7 Å². The highest BCUT2D eigenvalue weighted by molar-refractivity contribution is 5.91. The number of rotatable bonds is 7. The van der Waals surface area contributed by atoms with Crippen molar-refractivity contribution < 1.29 is 19.1 Å². The van der Waals surface area contributed by atoms with Gasteiger partial charge in [-0.05, 0) is 86.0 Å². The van der Waals surface area contributed by atoms with Gasteiger partial charge in [-0.25, -0.2) is 19.7 Å². The minimum Gasteiger partial charge on any atom is -0.453 e. The number of amides is 2. The molecule has 5 aromatic rings. The molecule has 0 saturated carbocycles. The van der Waals surface area contributed by atoms with Crippen LogP contribution in [0.2, 0.25) is 0 Å². The summed E-state index contributed by atoms with van der Waals surface area (Å²) in [6.07, 6.45) is 6.65. The van der Waals surface area contributed by atoms with E-state index < -0.39 is 12.1 Å². The van der Waals surface area contributed by atoms with Crippen LogP contribution >= 0.6 is 0 Å². The number of hydrogen-bond donors (Lipinski definition) is 4. The zero-order valence-electron chi connectivity index (χ0n) is 27.0. The molecule has 12 heteroatoms. The molecule has 0 unspecified atom stereocenters. The molecule has 2 aromatic carbocycles. The van der Waals surface area contributed by atoms with Gasteiger partial charge >= 0.3 is 6.09 Å². The molecule has 3 atom stereocenters. The molecule has 2 amide bonds. The standard InChI is InChI=1S/C36H40N8O4/c1-47-36(46)42-31(21-12-16-48-17-13-21)35(45)44-15-3-5-30(44)34-40-28-11-10-26(39-33(28)43-34)24-8-6-23-19-25(9-7-22(23)18-24)29-20-38-32(41-29)27-4-2-14-37-27/h6-11,18-21,27,30-31,37H,2-5,12-17H2,1H3,(H,38,41)(H,42,46)(H,39,40,43)/t27-,30-,31-/m0/s1. The fourth-order valence-electron chi connectivity index (χ4n) is 7.49. The highest BCUT2D eigenvalue weighted by atomic mass is 16.5.